The first-order valence-electron chi connectivity index (χ1n) is 8.71. The van der Waals surface area contributed by atoms with Crippen LogP contribution in [0.5, 0.6) is 0 Å². The van der Waals surface area contributed by atoms with E-state index in [4.69, 9.17) is 23.2 Å². The molecule has 0 aromatic heterocycles. The summed E-state index contributed by atoms with van der Waals surface area (Å²) >= 11 is 12.8. The highest BCUT2D eigenvalue weighted by molar-refractivity contribution is 6.44. The number of nitrogens with zero attached hydrogens (tertiary/aromatic N) is 1. The van der Waals surface area contributed by atoms with E-state index in [1.807, 2.05) is 0 Å². The zero-order valence-electron chi connectivity index (χ0n) is 14.1. The van der Waals surface area contributed by atoms with Gasteiger partial charge in [-0.2, -0.15) is 0 Å². The molecule has 1 atom stereocenters. The van der Waals surface area contributed by atoms with E-state index in [1.165, 1.54) is 64.6 Å². The van der Waals surface area contributed by atoms with Crippen molar-refractivity contribution in [3.63, 3.8) is 0 Å². The molecule has 122 valence electrons. The largest absolute Gasteiger partial charge is 0.319 e. The van der Waals surface area contributed by atoms with Crippen LogP contribution in [0.4, 0.5) is 0 Å². The van der Waals surface area contributed by atoms with Gasteiger partial charge in [-0.05, 0) is 19.3 Å². The summed E-state index contributed by atoms with van der Waals surface area (Å²) in [5, 5.41) is 0. The predicted octanol–water partition coefficient (Wildman–Crippen LogP) is 6.18. The molecule has 0 bridgehead atoms. The summed E-state index contributed by atoms with van der Waals surface area (Å²) in [6.45, 7) is 12.8. The molecule has 0 aromatic rings. The molecule has 0 saturated heterocycles. The number of unbranched alkanes of at least 4 members (excludes halogenated alkanes) is 3. The van der Waals surface area contributed by atoms with Gasteiger partial charge in [-0.15, -0.1) is 0 Å². The van der Waals surface area contributed by atoms with Crippen LogP contribution in [-0.4, -0.2) is 35.0 Å². The summed E-state index contributed by atoms with van der Waals surface area (Å²) in [6.07, 6.45) is 9.95. The molecular weight excluding hydrogens is 289 g/mol. The molecule has 0 saturated carbocycles. The average Bonchev–Trinajstić information content (AvgIpc) is 2.44. The predicted molar refractivity (Wildman–Crippen MR) is 93.8 cm³/mol. The molecule has 0 N–H and O–H groups in total. The van der Waals surface area contributed by atoms with E-state index in [9.17, 15) is 0 Å². The third-order valence-corrected chi connectivity index (χ3v) is 5.03. The lowest BCUT2D eigenvalue weighted by Gasteiger charge is -2.46. The Labute approximate surface area is 137 Å². The SMILES string of the molecule is CCCC[N+](CCCC)(CCCC)C(CCC)C(Cl)Cl. The van der Waals surface area contributed by atoms with Crippen molar-refractivity contribution in [2.75, 3.05) is 19.6 Å². The van der Waals surface area contributed by atoms with E-state index < -0.39 is 0 Å². The summed E-state index contributed by atoms with van der Waals surface area (Å²) in [4.78, 5) is -0.236. The van der Waals surface area contributed by atoms with Gasteiger partial charge in [0.15, 0.2) is 4.84 Å². The molecule has 0 heterocycles. The van der Waals surface area contributed by atoms with Crippen LogP contribution in [0.2, 0.25) is 0 Å². The van der Waals surface area contributed by atoms with Crippen LogP contribution >= 0.6 is 23.2 Å². The highest BCUT2D eigenvalue weighted by Crippen LogP contribution is 2.29. The van der Waals surface area contributed by atoms with Crippen LogP contribution in [0, 0.1) is 0 Å². The summed E-state index contributed by atoms with van der Waals surface area (Å²) in [5.41, 5.74) is 0. The molecule has 1 nitrogen and oxygen atoms in total. The number of alkyl halides is 2. The maximum atomic E-state index is 6.39. The molecule has 3 heteroatoms. The Kier molecular flexibility index (Phi) is 12.4. The highest BCUT2D eigenvalue weighted by atomic mass is 35.5. The summed E-state index contributed by atoms with van der Waals surface area (Å²) in [6, 6.07) is 0.410. The Hall–Kier alpha value is 0.540. The molecule has 0 spiro atoms. The van der Waals surface area contributed by atoms with Crippen molar-refractivity contribution in [3.8, 4) is 0 Å². The van der Waals surface area contributed by atoms with Crippen molar-refractivity contribution >= 4 is 23.2 Å². The van der Waals surface area contributed by atoms with Crippen LogP contribution in [0.1, 0.15) is 79.1 Å². The lowest BCUT2D eigenvalue weighted by Crippen LogP contribution is -2.59. The third-order valence-electron chi connectivity index (χ3n) is 4.45. The number of hydrogen-bond acceptors (Lipinski definition) is 0. The maximum Gasteiger partial charge on any atom is 0.159 e. The van der Waals surface area contributed by atoms with Crippen molar-refractivity contribution < 1.29 is 4.48 Å². The number of rotatable bonds is 13. The van der Waals surface area contributed by atoms with Gasteiger partial charge in [-0.25, -0.2) is 0 Å². The number of halogens is 2. The molecule has 0 aliphatic rings. The minimum absolute atomic E-state index is 0.236. The first-order chi connectivity index (χ1) is 9.57. The van der Waals surface area contributed by atoms with Crippen molar-refractivity contribution in [1.82, 2.24) is 0 Å². The van der Waals surface area contributed by atoms with Gasteiger partial charge in [-0.3, -0.25) is 0 Å². The van der Waals surface area contributed by atoms with Gasteiger partial charge in [0.05, 0.1) is 19.6 Å². The minimum Gasteiger partial charge on any atom is -0.319 e. The fraction of sp³-hybridized carbons (Fsp3) is 1.00. The monoisotopic (exact) mass is 324 g/mol. The second-order valence-corrected chi connectivity index (χ2v) is 7.30. The molecule has 0 rings (SSSR count). The van der Waals surface area contributed by atoms with Gasteiger partial charge in [0.1, 0.15) is 6.04 Å². The van der Waals surface area contributed by atoms with Crippen molar-refractivity contribution in [3.05, 3.63) is 0 Å². The summed E-state index contributed by atoms with van der Waals surface area (Å²) in [7, 11) is 0. The van der Waals surface area contributed by atoms with Crippen molar-refractivity contribution in [1.29, 1.82) is 0 Å². The first-order valence-corrected chi connectivity index (χ1v) is 9.59. The third kappa shape index (κ3) is 7.00. The topological polar surface area (TPSA) is 0 Å². The molecule has 0 amide bonds. The van der Waals surface area contributed by atoms with Gasteiger partial charge >= 0.3 is 0 Å². The molecule has 1 unspecified atom stereocenters. The lowest BCUT2D eigenvalue weighted by molar-refractivity contribution is -0.951. The minimum atomic E-state index is -0.236. The Morgan fingerprint density at radius 2 is 1.10 bits per heavy atom. The Balaban J connectivity index is 5.15. The van der Waals surface area contributed by atoms with Gasteiger partial charge in [0.25, 0.3) is 0 Å². The van der Waals surface area contributed by atoms with Crippen LogP contribution in [0.15, 0.2) is 0 Å². The molecule has 0 radical (unpaired) electrons. The van der Waals surface area contributed by atoms with Crippen LogP contribution < -0.4 is 0 Å². The van der Waals surface area contributed by atoms with E-state index in [0.717, 1.165) is 10.9 Å². The van der Waals surface area contributed by atoms with E-state index >= 15 is 0 Å². The Morgan fingerprint density at radius 3 is 1.35 bits per heavy atom. The van der Waals surface area contributed by atoms with E-state index in [2.05, 4.69) is 27.7 Å². The van der Waals surface area contributed by atoms with Crippen molar-refractivity contribution in [2.45, 2.75) is 89.9 Å². The number of hydrogen-bond donors (Lipinski definition) is 0. The molecule has 0 aromatic carbocycles. The molecule has 0 aliphatic carbocycles. The average molecular weight is 325 g/mol. The Bertz CT molecular complexity index is 197. The maximum absolute atomic E-state index is 6.39. The first kappa shape index (κ1) is 20.5. The van der Waals surface area contributed by atoms with Gasteiger partial charge in [-0.1, -0.05) is 76.6 Å². The van der Waals surface area contributed by atoms with Gasteiger partial charge < -0.3 is 4.48 Å². The second kappa shape index (κ2) is 12.1. The fourth-order valence-corrected chi connectivity index (χ4v) is 3.92. The summed E-state index contributed by atoms with van der Waals surface area (Å²) in [5.74, 6) is 0. The second-order valence-electron chi connectivity index (χ2n) is 6.14. The zero-order valence-corrected chi connectivity index (χ0v) is 15.6. The lowest BCUT2D eigenvalue weighted by atomic mass is 10.0. The van der Waals surface area contributed by atoms with Crippen LogP contribution in [0.3, 0.4) is 0 Å². The fourth-order valence-electron chi connectivity index (χ4n) is 3.19. The molecular formula is C17H36Cl2N+. The van der Waals surface area contributed by atoms with Crippen LogP contribution in [-0.2, 0) is 0 Å². The van der Waals surface area contributed by atoms with Crippen LogP contribution in [0.25, 0.3) is 0 Å². The zero-order chi connectivity index (χ0) is 15.4. The number of quaternary nitrogens is 1. The highest BCUT2D eigenvalue weighted by Gasteiger charge is 2.38. The van der Waals surface area contributed by atoms with Gasteiger partial charge in [0, 0.05) is 6.42 Å². The summed E-state index contributed by atoms with van der Waals surface area (Å²) < 4.78 is 1.15. The Morgan fingerprint density at radius 1 is 0.700 bits per heavy atom. The van der Waals surface area contributed by atoms with E-state index in [0.29, 0.717) is 6.04 Å². The van der Waals surface area contributed by atoms with Crippen molar-refractivity contribution in [2.24, 2.45) is 0 Å². The normalized spacial score (nSPS) is 13.9. The standard InChI is InChI=1S/C17H36Cl2N/c1-5-9-13-20(14-10-6-2,15-11-7-3)16(12-8-4)17(18)19/h16-17H,5-15H2,1-4H3/q+1. The van der Waals surface area contributed by atoms with Gasteiger partial charge in [0.2, 0.25) is 0 Å². The molecule has 0 aliphatic heterocycles. The van der Waals surface area contributed by atoms with E-state index in [1.54, 1.807) is 0 Å². The van der Waals surface area contributed by atoms with E-state index in [-0.39, 0.29) is 4.84 Å². The quantitative estimate of drug-likeness (QED) is 0.280. The molecule has 20 heavy (non-hydrogen) atoms. The smallest absolute Gasteiger partial charge is 0.159 e. The molecule has 0 fully saturated rings.